The summed E-state index contributed by atoms with van der Waals surface area (Å²) in [5.74, 6) is 1.23. The zero-order valence-corrected chi connectivity index (χ0v) is 15.8. The van der Waals surface area contributed by atoms with Crippen LogP contribution in [-0.4, -0.2) is 37.2 Å². The first-order valence-electron chi connectivity index (χ1n) is 9.79. The van der Waals surface area contributed by atoms with Crippen LogP contribution in [0.2, 0.25) is 0 Å². The lowest BCUT2D eigenvalue weighted by Gasteiger charge is -2.33. The first kappa shape index (κ1) is 18.7. The zero-order valence-electron chi connectivity index (χ0n) is 15.8. The highest BCUT2D eigenvalue weighted by Gasteiger charge is 2.26. The predicted octanol–water partition coefficient (Wildman–Crippen LogP) is 3.90. The van der Waals surface area contributed by atoms with Crippen molar-refractivity contribution in [3.63, 3.8) is 0 Å². The van der Waals surface area contributed by atoms with Gasteiger partial charge in [-0.05, 0) is 42.5 Å². The molecule has 5 nitrogen and oxygen atoms in total. The van der Waals surface area contributed by atoms with Crippen molar-refractivity contribution in [3.05, 3.63) is 65.5 Å². The SMILES string of the molecule is O=C(NCc1ccccc1OCC1CC1)N1CCOC(c2ccc(F)cc2)C1. The minimum Gasteiger partial charge on any atom is -0.493 e. The molecule has 6 heteroatoms. The van der Waals surface area contributed by atoms with Gasteiger partial charge in [-0.25, -0.2) is 9.18 Å². The summed E-state index contributed by atoms with van der Waals surface area (Å²) in [5, 5.41) is 2.98. The van der Waals surface area contributed by atoms with Gasteiger partial charge in [0.1, 0.15) is 17.7 Å². The number of halogens is 1. The van der Waals surface area contributed by atoms with Crippen molar-refractivity contribution in [2.75, 3.05) is 26.3 Å². The van der Waals surface area contributed by atoms with Crippen LogP contribution in [-0.2, 0) is 11.3 Å². The van der Waals surface area contributed by atoms with Gasteiger partial charge in [0, 0.05) is 18.7 Å². The second kappa shape index (κ2) is 8.61. The molecular formula is C22H25FN2O3. The first-order chi connectivity index (χ1) is 13.7. The first-order valence-corrected chi connectivity index (χ1v) is 9.79. The molecule has 0 aromatic heterocycles. The molecule has 0 spiro atoms. The fraction of sp³-hybridized carbons (Fsp3) is 0.409. The number of benzene rings is 2. The molecule has 4 rings (SSSR count). The van der Waals surface area contributed by atoms with Crippen LogP contribution >= 0.6 is 0 Å². The highest BCUT2D eigenvalue weighted by Crippen LogP contribution is 2.30. The third-order valence-electron chi connectivity index (χ3n) is 5.17. The van der Waals surface area contributed by atoms with E-state index in [1.165, 1.54) is 25.0 Å². The van der Waals surface area contributed by atoms with E-state index in [9.17, 15) is 9.18 Å². The van der Waals surface area contributed by atoms with Crippen LogP contribution in [0.4, 0.5) is 9.18 Å². The molecule has 1 saturated heterocycles. The van der Waals surface area contributed by atoms with E-state index in [0.717, 1.165) is 23.5 Å². The molecule has 0 radical (unpaired) electrons. The number of nitrogens with one attached hydrogen (secondary N) is 1. The standard InChI is InChI=1S/C22H25FN2O3/c23-19-9-7-17(8-10-19)21-14-25(11-12-27-21)22(26)24-13-18-3-1-2-4-20(18)28-15-16-5-6-16/h1-4,7-10,16,21H,5-6,11-15H2,(H,24,26). The number of hydrogen-bond acceptors (Lipinski definition) is 3. The van der Waals surface area contributed by atoms with Crippen molar-refractivity contribution in [1.82, 2.24) is 10.2 Å². The Morgan fingerprint density at radius 1 is 1.18 bits per heavy atom. The van der Waals surface area contributed by atoms with Gasteiger partial charge < -0.3 is 19.7 Å². The third kappa shape index (κ3) is 4.81. The summed E-state index contributed by atoms with van der Waals surface area (Å²) in [5.41, 5.74) is 1.84. The number of nitrogens with zero attached hydrogens (tertiary/aromatic N) is 1. The van der Waals surface area contributed by atoms with Crippen molar-refractivity contribution in [3.8, 4) is 5.75 Å². The number of hydrogen-bond donors (Lipinski definition) is 1. The molecule has 1 aliphatic heterocycles. The number of amides is 2. The van der Waals surface area contributed by atoms with Crippen molar-refractivity contribution < 1.29 is 18.7 Å². The molecule has 1 aliphatic carbocycles. The molecule has 1 atom stereocenters. The number of ether oxygens (including phenoxy) is 2. The topological polar surface area (TPSA) is 50.8 Å². The van der Waals surface area contributed by atoms with E-state index in [1.54, 1.807) is 17.0 Å². The van der Waals surface area contributed by atoms with E-state index in [1.807, 2.05) is 24.3 Å². The fourth-order valence-electron chi connectivity index (χ4n) is 3.28. The Bertz CT molecular complexity index is 808. The van der Waals surface area contributed by atoms with E-state index < -0.39 is 0 Å². The molecule has 148 valence electrons. The largest absolute Gasteiger partial charge is 0.493 e. The maximum Gasteiger partial charge on any atom is 0.317 e. The van der Waals surface area contributed by atoms with Gasteiger partial charge in [0.2, 0.25) is 0 Å². The van der Waals surface area contributed by atoms with Gasteiger partial charge in [0.05, 0.1) is 19.8 Å². The second-order valence-electron chi connectivity index (χ2n) is 7.38. The van der Waals surface area contributed by atoms with E-state index in [-0.39, 0.29) is 18.0 Å². The normalized spacial score (nSPS) is 19.3. The van der Waals surface area contributed by atoms with Crippen LogP contribution in [0, 0.1) is 11.7 Å². The Balaban J connectivity index is 1.32. The summed E-state index contributed by atoms with van der Waals surface area (Å²) in [6.07, 6.45) is 2.24. The Morgan fingerprint density at radius 3 is 2.75 bits per heavy atom. The van der Waals surface area contributed by atoms with E-state index in [4.69, 9.17) is 9.47 Å². The highest BCUT2D eigenvalue weighted by atomic mass is 19.1. The van der Waals surface area contributed by atoms with Gasteiger partial charge in [-0.2, -0.15) is 0 Å². The van der Waals surface area contributed by atoms with Crippen molar-refractivity contribution in [1.29, 1.82) is 0 Å². The van der Waals surface area contributed by atoms with Crippen LogP contribution in [0.25, 0.3) is 0 Å². The Kier molecular flexibility index (Phi) is 5.76. The molecule has 2 aliphatic rings. The Morgan fingerprint density at radius 2 is 1.96 bits per heavy atom. The van der Waals surface area contributed by atoms with Crippen molar-refractivity contribution in [2.24, 2.45) is 5.92 Å². The molecule has 1 unspecified atom stereocenters. The Labute approximate surface area is 164 Å². The molecule has 2 fully saturated rings. The summed E-state index contributed by atoms with van der Waals surface area (Å²) in [4.78, 5) is 14.4. The van der Waals surface area contributed by atoms with Crippen LogP contribution in [0.3, 0.4) is 0 Å². The van der Waals surface area contributed by atoms with Gasteiger partial charge in [0.15, 0.2) is 0 Å². The number of rotatable bonds is 6. The number of carbonyl (C=O) groups is 1. The number of urea groups is 1. The quantitative estimate of drug-likeness (QED) is 0.822. The zero-order chi connectivity index (χ0) is 19.3. The lowest BCUT2D eigenvalue weighted by molar-refractivity contribution is -0.0155. The third-order valence-corrected chi connectivity index (χ3v) is 5.17. The van der Waals surface area contributed by atoms with E-state index in [0.29, 0.717) is 32.2 Å². The van der Waals surface area contributed by atoms with Gasteiger partial charge in [-0.3, -0.25) is 0 Å². The summed E-state index contributed by atoms with van der Waals surface area (Å²) in [6, 6.07) is 13.9. The van der Waals surface area contributed by atoms with Gasteiger partial charge in [0.25, 0.3) is 0 Å². The van der Waals surface area contributed by atoms with Gasteiger partial charge >= 0.3 is 6.03 Å². The van der Waals surface area contributed by atoms with Crippen LogP contribution < -0.4 is 10.1 Å². The van der Waals surface area contributed by atoms with Crippen LogP contribution in [0.5, 0.6) is 5.75 Å². The molecule has 1 heterocycles. The van der Waals surface area contributed by atoms with Gasteiger partial charge in [-0.15, -0.1) is 0 Å². The van der Waals surface area contributed by atoms with Crippen LogP contribution in [0.1, 0.15) is 30.1 Å². The molecule has 1 saturated carbocycles. The monoisotopic (exact) mass is 384 g/mol. The average molecular weight is 384 g/mol. The maximum absolute atomic E-state index is 13.1. The molecule has 2 aromatic carbocycles. The number of para-hydroxylation sites is 1. The molecule has 0 bridgehead atoms. The fourth-order valence-corrected chi connectivity index (χ4v) is 3.28. The Hall–Kier alpha value is -2.60. The second-order valence-corrected chi connectivity index (χ2v) is 7.38. The molecule has 1 N–H and O–H groups in total. The smallest absolute Gasteiger partial charge is 0.317 e. The van der Waals surface area contributed by atoms with Crippen LogP contribution in [0.15, 0.2) is 48.5 Å². The van der Waals surface area contributed by atoms with Crippen molar-refractivity contribution >= 4 is 6.03 Å². The van der Waals surface area contributed by atoms with E-state index >= 15 is 0 Å². The molecule has 2 amide bonds. The highest BCUT2D eigenvalue weighted by molar-refractivity contribution is 5.74. The summed E-state index contributed by atoms with van der Waals surface area (Å²) in [7, 11) is 0. The average Bonchev–Trinajstić information content (AvgIpc) is 3.56. The van der Waals surface area contributed by atoms with E-state index in [2.05, 4.69) is 5.32 Å². The minimum atomic E-state index is -0.281. The molecule has 28 heavy (non-hydrogen) atoms. The summed E-state index contributed by atoms with van der Waals surface area (Å²) < 4.78 is 24.8. The lowest BCUT2D eigenvalue weighted by atomic mass is 10.1. The molecular weight excluding hydrogens is 359 g/mol. The summed E-state index contributed by atoms with van der Waals surface area (Å²) >= 11 is 0. The van der Waals surface area contributed by atoms with Crippen molar-refractivity contribution in [2.45, 2.75) is 25.5 Å². The lowest BCUT2D eigenvalue weighted by Crippen LogP contribution is -2.47. The molecule has 2 aromatic rings. The maximum atomic E-state index is 13.1. The minimum absolute atomic E-state index is 0.132. The number of carbonyl (C=O) groups excluding carboxylic acids is 1. The number of morpholine rings is 1. The van der Waals surface area contributed by atoms with Gasteiger partial charge in [-0.1, -0.05) is 30.3 Å². The summed E-state index contributed by atoms with van der Waals surface area (Å²) in [6.45, 7) is 2.59. The predicted molar refractivity (Wildman–Crippen MR) is 104 cm³/mol.